The number of hydrogen-bond donors (Lipinski definition) is 0. The van der Waals surface area contributed by atoms with Crippen molar-refractivity contribution < 1.29 is 4.39 Å². The Labute approximate surface area is 212 Å². The van der Waals surface area contributed by atoms with Crippen molar-refractivity contribution in [3.05, 3.63) is 84.1 Å². The summed E-state index contributed by atoms with van der Waals surface area (Å²) in [6.07, 6.45) is 3.78. The summed E-state index contributed by atoms with van der Waals surface area (Å²) in [6.45, 7) is 1.43. The lowest BCUT2D eigenvalue weighted by atomic mass is 9.90. The number of alkyl halides is 1. The first-order chi connectivity index (χ1) is 18.0. The molecular formula is C27H24FN9. The molecule has 9 nitrogen and oxygen atoms in total. The minimum absolute atomic E-state index is 0.254. The van der Waals surface area contributed by atoms with Crippen LogP contribution < -0.4 is 4.90 Å². The summed E-state index contributed by atoms with van der Waals surface area (Å²) >= 11 is 0. The van der Waals surface area contributed by atoms with Crippen LogP contribution in [0.1, 0.15) is 29.8 Å². The molecule has 184 valence electrons. The highest BCUT2D eigenvalue weighted by atomic mass is 19.1. The first kappa shape index (κ1) is 22.8. The molecule has 6 rings (SSSR count). The van der Waals surface area contributed by atoms with Gasteiger partial charge < -0.3 is 9.47 Å². The van der Waals surface area contributed by atoms with Crippen LogP contribution in [0.4, 0.5) is 10.1 Å². The lowest BCUT2D eigenvalue weighted by Crippen LogP contribution is -2.42. The molecule has 0 unspecified atom stereocenters. The topological polar surface area (TPSA) is 101 Å². The zero-order chi connectivity index (χ0) is 25.4. The molecular weight excluding hydrogens is 469 g/mol. The molecule has 1 aliphatic heterocycles. The number of pyridine rings is 1. The van der Waals surface area contributed by atoms with E-state index in [2.05, 4.69) is 36.3 Å². The molecule has 10 heteroatoms. The fraction of sp³-hybridized carbons (Fsp3) is 0.259. The molecule has 0 radical (unpaired) electrons. The number of rotatable bonds is 5. The number of nitrogens with zero attached hydrogens (tertiary/aromatic N) is 9. The van der Waals surface area contributed by atoms with E-state index in [4.69, 9.17) is 0 Å². The molecule has 5 aromatic rings. The highest BCUT2D eigenvalue weighted by Gasteiger charge is 2.40. The van der Waals surface area contributed by atoms with Gasteiger partial charge in [0.25, 0.3) is 0 Å². The van der Waals surface area contributed by atoms with Gasteiger partial charge in [-0.25, -0.2) is 9.37 Å². The van der Waals surface area contributed by atoms with Gasteiger partial charge in [0.2, 0.25) is 5.65 Å². The van der Waals surface area contributed by atoms with Crippen molar-refractivity contribution in [3.63, 3.8) is 0 Å². The van der Waals surface area contributed by atoms with Gasteiger partial charge in [-0.2, -0.15) is 15.2 Å². The Morgan fingerprint density at radius 1 is 1.05 bits per heavy atom. The molecule has 1 aliphatic rings. The largest absolute Gasteiger partial charge is 0.370 e. The van der Waals surface area contributed by atoms with E-state index < -0.39 is 5.67 Å². The maximum absolute atomic E-state index is 15.8. The van der Waals surface area contributed by atoms with Gasteiger partial charge in [-0.05, 0) is 17.7 Å². The number of fused-ring (bicyclic) bond motifs is 1. The predicted octanol–water partition coefficient (Wildman–Crippen LogP) is 4.01. The molecule has 3 aromatic heterocycles. The summed E-state index contributed by atoms with van der Waals surface area (Å²) in [5.41, 5.74) is 3.78. The summed E-state index contributed by atoms with van der Waals surface area (Å²) < 4.78 is 17.4. The zero-order valence-electron chi connectivity index (χ0n) is 20.3. The van der Waals surface area contributed by atoms with Crippen molar-refractivity contribution in [1.82, 2.24) is 34.7 Å². The Bertz CT molecular complexity index is 1610. The molecule has 1 saturated heterocycles. The number of halogens is 1. The van der Waals surface area contributed by atoms with E-state index in [0.29, 0.717) is 42.2 Å². The van der Waals surface area contributed by atoms with E-state index in [0.717, 1.165) is 22.4 Å². The highest BCUT2D eigenvalue weighted by molar-refractivity contribution is 5.86. The maximum Gasteiger partial charge on any atom is 0.201 e. The first-order valence-electron chi connectivity index (χ1n) is 12.1. The summed E-state index contributed by atoms with van der Waals surface area (Å²) in [5.74, 6) is 0.342. The lowest BCUT2D eigenvalue weighted by molar-refractivity contribution is 0.109. The number of para-hydroxylation sites is 1. The molecule has 0 bridgehead atoms. The number of anilines is 1. The molecule has 0 aliphatic carbocycles. The SMILES string of the molecule is Cn1cnnc1C1(F)CCN(c2c(C#N)cccc2-c2cnc3nn(Cc4ccccc4)nc3c2)CC1. The summed E-state index contributed by atoms with van der Waals surface area (Å²) in [5, 5.41) is 26.9. The summed E-state index contributed by atoms with van der Waals surface area (Å²) in [4.78, 5) is 8.28. The second-order valence-corrected chi connectivity index (χ2v) is 9.31. The second-order valence-electron chi connectivity index (χ2n) is 9.31. The number of hydrogen-bond acceptors (Lipinski definition) is 7. The predicted molar refractivity (Wildman–Crippen MR) is 136 cm³/mol. The fourth-order valence-electron chi connectivity index (χ4n) is 5.02. The Morgan fingerprint density at radius 2 is 1.86 bits per heavy atom. The van der Waals surface area contributed by atoms with Crippen molar-refractivity contribution in [2.24, 2.45) is 7.05 Å². The Balaban J connectivity index is 1.32. The average molecular weight is 494 g/mol. The third-order valence-corrected chi connectivity index (χ3v) is 6.90. The molecule has 0 amide bonds. The monoisotopic (exact) mass is 493 g/mol. The van der Waals surface area contributed by atoms with Crippen molar-refractivity contribution >= 4 is 16.9 Å². The van der Waals surface area contributed by atoms with Crippen LogP contribution in [0, 0.1) is 11.3 Å². The minimum Gasteiger partial charge on any atom is -0.370 e. The number of aryl methyl sites for hydroxylation is 1. The standard InChI is InChI=1S/C27H24FN9/c1-35-18-31-32-26(35)27(28)10-12-36(13-11-27)24-20(15-29)8-5-9-22(24)21-14-23-25(30-16-21)34-37(33-23)17-19-6-3-2-4-7-19/h2-9,14,16,18H,10-13,17H2,1H3. The zero-order valence-corrected chi connectivity index (χ0v) is 20.3. The van der Waals surface area contributed by atoms with Gasteiger partial charge in [-0.1, -0.05) is 42.5 Å². The van der Waals surface area contributed by atoms with Crippen LogP contribution in [0.3, 0.4) is 0 Å². The average Bonchev–Trinajstić information content (AvgIpc) is 3.54. The quantitative estimate of drug-likeness (QED) is 0.365. The van der Waals surface area contributed by atoms with Crippen LogP contribution in [0.2, 0.25) is 0 Å². The van der Waals surface area contributed by atoms with Crippen LogP contribution in [-0.4, -0.2) is 47.8 Å². The van der Waals surface area contributed by atoms with Gasteiger partial charge in [0.05, 0.1) is 17.8 Å². The van der Waals surface area contributed by atoms with Gasteiger partial charge >= 0.3 is 0 Å². The van der Waals surface area contributed by atoms with E-state index >= 15 is 4.39 Å². The van der Waals surface area contributed by atoms with Crippen LogP contribution in [0.5, 0.6) is 0 Å². The van der Waals surface area contributed by atoms with E-state index in [-0.39, 0.29) is 12.8 Å². The molecule has 0 spiro atoms. The lowest BCUT2D eigenvalue weighted by Gasteiger charge is -2.38. The molecule has 1 fully saturated rings. The third-order valence-electron chi connectivity index (χ3n) is 6.90. The number of nitriles is 1. The van der Waals surface area contributed by atoms with Crippen molar-refractivity contribution in [2.75, 3.05) is 18.0 Å². The second kappa shape index (κ2) is 9.09. The Morgan fingerprint density at radius 3 is 2.59 bits per heavy atom. The van der Waals surface area contributed by atoms with E-state index in [1.165, 1.54) is 6.33 Å². The minimum atomic E-state index is -1.55. The highest BCUT2D eigenvalue weighted by Crippen LogP contribution is 2.41. The Kier molecular flexibility index (Phi) is 5.60. The summed E-state index contributed by atoms with van der Waals surface area (Å²) in [6, 6.07) is 19.9. The fourth-order valence-corrected chi connectivity index (χ4v) is 5.02. The normalized spacial score (nSPS) is 15.1. The van der Waals surface area contributed by atoms with Crippen LogP contribution in [-0.2, 0) is 19.3 Å². The molecule has 0 atom stereocenters. The number of aromatic nitrogens is 7. The van der Waals surface area contributed by atoms with Crippen LogP contribution in [0.15, 0.2) is 67.1 Å². The Hall–Kier alpha value is -4.65. The van der Waals surface area contributed by atoms with E-state index in [9.17, 15) is 5.26 Å². The maximum atomic E-state index is 15.8. The van der Waals surface area contributed by atoms with Crippen molar-refractivity contribution in [3.8, 4) is 17.2 Å². The van der Waals surface area contributed by atoms with Gasteiger partial charge in [0.15, 0.2) is 11.5 Å². The van der Waals surface area contributed by atoms with Crippen molar-refractivity contribution in [1.29, 1.82) is 5.26 Å². The molecule has 0 N–H and O–H groups in total. The molecule has 4 heterocycles. The van der Waals surface area contributed by atoms with Gasteiger partial charge in [0, 0.05) is 50.3 Å². The third kappa shape index (κ3) is 4.18. The summed E-state index contributed by atoms with van der Waals surface area (Å²) in [7, 11) is 1.76. The molecule has 37 heavy (non-hydrogen) atoms. The molecule has 2 aromatic carbocycles. The first-order valence-corrected chi connectivity index (χ1v) is 12.1. The van der Waals surface area contributed by atoms with Crippen molar-refractivity contribution in [2.45, 2.75) is 25.1 Å². The van der Waals surface area contributed by atoms with Gasteiger partial charge in [-0.15, -0.1) is 15.3 Å². The van der Waals surface area contributed by atoms with E-state index in [1.807, 2.05) is 48.5 Å². The van der Waals surface area contributed by atoms with Gasteiger partial charge in [0.1, 0.15) is 17.9 Å². The number of benzene rings is 2. The van der Waals surface area contributed by atoms with Crippen LogP contribution >= 0.6 is 0 Å². The van der Waals surface area contributed by atoms with Gasteiger partial charge in [-0.3, -0.25) is 0 Å². The van der Waals surface area contributed by atoms with E-state index in [1.54, 1.807) is 28.7 Å². The van der Waals surface area contributed by atoms with Crippen LogP contribution in [0.25, 0.3) is 22.3 Å². The smallest absolute Gasteiger partial charge is 0.201 e. The number of piperidine rings is 1. The molecule has 0 saturated carbocycles.